The van der Waals surface area contributed by atoms with E-state index in [0.29, 0.717) is 11.3 Å². The summed E-state index contributed by atoms with van der Waals surface area (Å²) in [6.45, 7) is 14.6. The topological polar surface area (TPSA) is 35.5 Å². The maximum Gasteiger partial charge on any atom is 0.0791 e. The lowest BCUT2D eigenvalue weighted by atomic mass is 10.1. The summed E-state index contributed by atoms with van der Waals surface area (Å²) in [5, 5.41) is 13.4. The Morgan fingerprint density at radius 1 is 1.41 bits per heavy atom. The molecule has 1 aliphatic rings. The van der Waals surface area contributed by atoms with Gasteiger partial charge in [-0.25, -0.2) is 0 Å². The second kappa shape index (κ2) is 5.91. The summed E-state index contributed by atoms with van der Waals surface area (Å²) in [6, 6.07) is 0. The van der Waals surface area contributed by atoms with Gasteiger partial charge in [-0.15, -0.1) is 0 Å². The molecule has 3 nitrogen and oxygen atoms in total. The van der Waals surface area contributed by atoms with Crippen molar-refractivity contribution in [3.05, 3.63) is 0 Å². The molecule has 0 aromatic rings. The van der Waals surface area contributed by atoms with Crippen molar-refractivity contribution in [2.45, 2.75) is 51.0 Å². The average molecular weight is 260 g/mol. The lowest BCUT2D eigenvalue weighted by Crippen LogP contribution is -2.49. The van der Waals surface area contributed by atoms with Crippen molar-refractivity contribution in [1.82, 2.24) is 10.2 Å². The van der Waals surface area contributed by atoms with Crippen LogP contribution in [-0.2, 0) is 0 Å². The number of rotatable bonds is 4. The van der Waals surface area contributed by atoms with Crippen LogP contribution < -0.4 is 5.32 Å². The van der Waals surface area contributed by atoms with Crippen LogP contribution in [0.15, 0.2) is 0 Å². The molecule has 0 aromatic heterocycles. The molecular weight excluding hydrogens is 232 g/mol. The molecule has 0 aliphatic carbocycles. The molecule has 0 radical (unpaired) electrons. The third-order valence-corrected chi connectivity index (χ3v) is 4.14. The Morgan fingerprint density at radius 2 is 2.06 bits per heavy atom. The number of hydrogen-bond donors (Lipinski definition) is 2. The second-order valence-electron chi connectivity index (χ2n) is 6.63. The van der Waals surface area contributed by atoms with E-state index in [9.17, 15) is 5.11 Å². The van der Waals surface area contributed by atoms with Crippen LogP contribution >= 0.6 is 11.8 Å². The van der Waals surface area contributed by atoms with Gasteiger partial charge in [-0.05, 0) is 34.6 Å². The zero-order valence-corrected chi connectivity index (χ0v) is 12.7. The first kappa shape index (κ1) is 15.3. The van der Waals surface area contributed by atoms with E-state index in [2.05, 4.69) is 44.8 Å². The molecule has 1 unspecified atom stereocenters. The van der Waals surface area contributed by atoms with Crippen LogP contribution in [0.2, 0.25) is 0 Å². The summed E-state index contributed by atoms with van der Waals surface area (Å²) in [5.74, 6) is 1.17. The molecule has 0 spiro atoms. The van der Waals surface area contributed by atoms with Gasteiger partial charge in [0.15, 0.2) is 0 Å². The first-order valence-electron chi connectivity index (χ1n) is 6.47. The van der Waals surface area contributed by atoms with Gasteiger partial charge in [-0.1, -0.05) is 0 Å². The largest absolute Gasteiger partial charge is 0.390 e. The number of hydrogen-bond acceptors (Lipinski definition) is 4. The van der Waals surface area contributed by atoms with Crippen LogP contribution in [-0.4, -0.2) is 58.3 Å². The number of aliphatic hydroxyl groups is 1. The lowest BCUT2D eigenvalue weighted by molar-refractivity contribution is 0.103. The fraction of sp³-hybridized carbons (Fsp3) is 1.00. The van der Waals surface area contributed by atoms with E-state index in [-0.39, 0.29) is 11.6 Å². The fourth-order valence-corrected chi connectivity index (χ4v) is 3.23. The molecule has 0 amide bonds. The zero-order chi connectivity index (χ0) is 13.1. The smallest absolute Gasteiger partial charge is 0.0791 e. The third kappa shape index (κ3) is 6.65. The van der Waals surface area contributed by atoms with Gasteiger partial charge in [0.25, 0.3) is 0 Å². The number of nitrogens with one attached hydrogen (secondary N) is 1. The van der Waals surface area contributed by atoms with Crippen molar-refractivity contribution in [2.75, 3.05) is 31.9 Å². The molecule has 1 atom stereocenters. The van der Waals surface area contributed by atoms with Crippen molar-refractivity contribution in [1.29, 1.82) is 0 Å². The summed E-state index contributed by atoms with van der Waals surface area (Å²) in [7, 11) is 0. The first-order chi connectivity index (χ1) is 7.68. The first-order valence-corrected chi connectivity index (χ1v) is 7.46. The summed E-state index contributed by atoms with van der Waals surface area (Å²) in [6.07, 6.45) is -0.270. The number of β-amino-alcohol motifs (C(OH)–C–C–N with tert-alkyl or cyclic N) is 1. The number of aliphatic hydroxyl groups excluding tert-OH is 1. The highest BCUT2D eigenvalue weighted by Crippen LogP contribution is 2.29. The van der Waals surface area contributed by atoms with E-state index >= 15 is 0 Å². The van der Waals surface area contributed by atoms with Crippen molar-refractivity contribution in [2.24, 2.45) is 0 Å². The minimum absolute atomic E-state index is 0.0814. The SMILES string of the molecule is CC(C)(C)NCC(O)CN1CCSC(C)(C)C1. The molecule has 1 fully saturated rings. The molecular formula is C13H28N2OS. The third-order valence-electron chi connectivity index (χ3n) is 2.84. The van der Waals surface area contributed by atoms with E-state index in [4.69, 9.17) is 0 Å². The van der Waals surface area contributed by atoms with E-state index in [1.54, 1.807) is 0 Å². The lowest BCUT2D eigenvalue weighted by Gasteiger charge is -2.38. The van der Waals surface area contributed by atoms with Gasteiger partial charge in [0.1, 0.15) is 0 Å². The van der Waals surface area contributed by atoms with Gasteiger partial charge in [-0.3, -0.25) is 4.90 Å². The fourth-order valence-electron chi connectivity index (χ4n) is 2.06. The maximum atomic E-state index is 10.0. The Hall–Kier alpha value is 0.230. The Balaban J connectivity index is 2.28. The average Bonchev–Trinajstić information content (AvgIpc) is 2.12. The van der Waals surface area contributed by atoms with Gasteiger partial charge in [0, 0.05) is 42.2 Å². The van der Waals surface area contributed by atoms with Gasteiger partial charge < -0.3 is 10.4 Å². The van der Waals surface area contributed by atoms with Gasteiger partial charge in [0.2, 0.25) is 0 Å². The predicted octanol–water partition coefficient (Wildman–Crippen LogP) is 1.56. The Bertz CT molecular complexity index is 238. The van der Waals surface area contributed by atoms with Crippen LogP contribution in [0, 0.1) is 0 Å². The van der Waals surface area contributed by atoms with Crippen LogP contribution in [0.3, 0.4) is 0 Å². The molecule has 0 saturated carbocycles. The van der Waals surface area contributed by atoms with Crippen molar-refractivity contribution >= 4 is 11.8 Å². The van der Waals surface area contributed by atoms with Crippen molar-refractivity contribution in [3.63, 3.8) is 0 Å². The Labute approximate surface area is 110 Å². The molecule has 0 aromatic carbocycles. The predicted molar refractivity (Wildman–Crippen MR) is 76.7 cm³/mol. The summed E-state index contributed by atoms with van der Waals surface area (Å²) >= 11 is 2.03. The summed E-state index contributed by atoms with van der Waals surface area (Å²) < 4.78 is 0.329. The van der Waals surface area contributed by atoms with Crippen molar-refractivity contribution < 1.29 is 5.11 Å². The quantitative estimate of drug-likeness (QED) is 0.804. The van der Waals surface area contributed by atoms with E-state index in [1.165, 1.54) is 5.75 Å². The summed E-state index contributed by atoms with van der Waals surface area (Å²) in [4.78, 5) is 2.38. The molecule has 1 heterocycles. The van der Waals surface area contributed by atoms with Crippen LogP contribution in [0.1, 0.15) is 34.6 Å². The van der Waals surface area contributed by atoms with Gasteiger partial charge >= 0.3 is 0 Å². The molecule has 102 valence electrons. The summed E-state index contributed by atoms with van der Waals surface area (Å²) in [5.41, 5.74) is 0.0814. The molecule has 0 bridgehead atoms. The minimum atomic E-state index is -0.270. The van der Waals surface area contributed by atoms with E-state index in [1.807, 2.05) is 11.8 Å². The highest BCUT2D eigenvalue weighted by molar-refractivity contribution is 8.00. The molecule has 4 heteroatoms. The van der Waals surface area contributed by atoms with Gasteiger partial charge in [0.05, 0.1) is 6.10 Å². The highest BCUT2D eigenvalue weighted by Gasteiger charge is 2.28. The monoisotopic (exact) mass is 260 g/mol. The minimum Gasteiger partial charge on any atom is -0.390 e. The van der Waals surface area contributed by atoms with Crippen LogP contribution in [0.4, 0.5) is 0 Å². The van der Waals surface area contributed by atoms with Crippen LogP contribution in [0.5, 0.6) is 0 Å². The Kier molecular flexibility index (Phi) is 5.32. The van der Waals surface area contributed by atoms with Crippen molar-refractivity contribution in [3.8, 4) is 0 Å². The Morgan fingerprint density at radius 3 is 2.59 bits per heavy atom. The standard InChI is InChI=1S/C13H28N2OS/c1-12(2,3)14-8-11(16)9-15-6-7-17-13(4,5)10-15/h11,14,16H,6-10H2,1-5H3. The molecule has 1 saturated heterocycles. The maximum absolute atomic E-state index is 10.0. The second-order valence-corrected chi connectivity index (χ2v) is 8.43. The number of thioether (sulfide) groups is 1. The van der Waals surface area contributed by atoms with E-state index < -0.39 is 0 Å². The number of nitrogens with zero attached hydrogens (tertiary/aromatic N) is 1. The normalized spacial score (nSPS) is 23.6. The van der Waals surface area contributed by atoms with Crippen LogP contribution in [0.25, 0.3) is 0 Å². The van der Waals surface area contributed by atoms with Gasteiger partial charge in [-0.2, -0.15) is 11.8 Å². The molecule has 17 heavy (non-hydrogen) atoms. The van der Waals surface area contributed by atoms with E-state index in [0.717, 1.165) is 19.6 Å². The zero-order valence-electron chi connectivity index (χ0n) is 11.9. The molecule has 2 N–H and O–H groups in total. The highest BCUT2D eigenvalue weighted by atomic mass is 32.2. The molecule has 1 aliphatic heterocycles. The molecule has 1 rings (SSSR count).